The van der Waals surface area contributed by atoms with Crippen molar-refractivity contribution in [1.82, 2.24) is 4.90 Å². The molecule has 1 saturated heterocycles. The summed E-state index contributed by atoms with van der Waals surface area (Å²) in [5, 5.41) is 2.50. The topological polar surface area (TPSA) is 41.6 Å². The Kier molecular flexibility index (Phi) is 4.18. The van der Waals surface area contributed by atoms with Crippen molar-refractivity contribution in [2.24, 2.45) is 5.92 Å². The van der Waals surface area contributed by atoms with Gasteiger partial charge in [0, 0.05) is 24.7 Å². The van der Waals surface area contributed by atoms with Gasteiger partial charge in [0.2, 0.25) is 0 Å². The number of benzene rings is 1. The van der Waals surface area contributed by atoms with Crippen LogP contribution in [0.15, 0.2) is 12.1 Å². The van der Waals surface area contributed by atoms with Gasteiger partial charge < -0.3 is 15.0 Å². The first-order chi connectivity index (χ1) is 10.6. The van der Waals surface area contributed by atoms with Gasteiger partial charge in [-0.2, -0.15) is 0 Å². The molecule has 4 nitrogen and oxygen atoms in total. The van der Waals surface area contributed by atoms with Crippen molar-refractivity contribution in [2.75, 3.05) is 19.0 Å². The smallest absolute Gasteiger partial charge is 0.322 e. The Balaban J connectivity index is 1.75. The van der Waals surface area contributed by atoms with E-state index in [9.17, 15) is 13.6 Å². The van der Waals surface area contributed by atoms with Gasteiger partial charge in [0.1, 0.15) is 0 Å². The number of amides is 2. The number of urea groups is 1. The number of nitrogens with one attached hydrogen (secondary N) is 1. The average molecular weight is 310 g/mol. The van der Waals surface area contributed by atoms with Gasteiger partial charge in [-0.25, -0.2) is 13.6 Å². The maximum Gasteiger partial charge on any atom is 0.322 e. The van der Waals surface area contributed by atoms with Crippen LogP contribution in [0.25, 0.3) is 0 Å². The van der Waals surface area contributed by atoms with Crippen LogP contribution >= 0.6 is 0 Å². The molecule has 2 amide bonds. The van der Waals surface area contributed by atoms with Gasteiger partial charge in [-0.3, -0.25) is 0 Å². The number of likely N-dealkylation sites (tertiary alicyclic amines) is 1. The standard InChI is InChI=1S/C16H20F2N2O2/c1-22-15-9-11(17)13(8-12(15)18)19-16(21)20-7-3-5-10-4-2-6-14(10)20/h8-10,14H,2-7H2,1H3,(H,19,21)/t10-,14+/m1/s1. The van der Waals surface area contributed by atoms with Crippen LogP contribution in [0.3, 0.4) is 0 Å². The molecular formula is C16H20F2N2O2. The summed E-state index contributed by atoms with van der Waals surface area (Å²) in [6, 6.07) is 1.79. The van der Waals surface area contributed by atoms with Crippen LogP contribution in [0.4, 0.5) is 19.3 Å². The van der Waals surface area contributed by atoms with Crippen molar-refractivity contribution in [2.45, 2.75) is 38.1 Å². The molecule has 0 bridgehead atoms. The van der Waals surface area contributed by atoms with Crippen LogP contribution in [0, 0.1) is 17.6 Å². The molecule has 1 aliphatic heterocycles. The highest BCUT2D eigenvalue weighted by atomic mass is 19.1. The van der Waals surface area contributed by atoms with E-state index in [4.69, 9.17) is 4.74 Å². The highest BCUT2D eigenvalue weighted by molar-refractivity contribution is 5.90. The van der Waals surface area contributed by atoms with Crippen LogP contribution in [0.2, 0.25) is 0 Å². The molecule has 0 spiro atoms. The maximum absolute atomic E-state index is 13.9. The van der Waals surface area contributed by atoms with E-state index < -0.39 is 11.6 Å². The fourth-order valence-corrected chi connectivity index (χ4v) is 3.67. The van der Waals surface area contributed by atoms with E-state index in [0.717, 1.165) is 44.2 Å². The number of anilines is 1. The van der Waals surface area contributed by atoms with E-state index in [0.29, 0.717) is 12.5 Å². The highest BCUT2D eigenvalue weighted by Crippen LogP contribution is 2.37. The van der Waals surface area contributed by atoms with E-state index >= 15 is 0 Å². The van der Waals surface area contributed by atoms with Gasteiger partial charge in [-0.05, 0) is 31.6 Å². The number of hydrogen-bond donors (Lipinski definition) is 1. The summed E-state index contributed by atoms with van der Waals surface area (Å²) in [5.74, 6) is -1.02. The molecule has 0 radical (unpaired) electrons. The quantitative estimate of drug-likeness (QED) is 0.903. The zero-order valence-corrected chi connectivity index (χ0v) is 12.6. The third kappa shape index (κ3) is 2.74. The largest absolute Gasteiger partial charge is 0.494 e. The Hall–Kier alpha value is -1.85. The Bertz CT molecular complexity index is 580. The molecule has 1 aromatic rings. The van der Waals surface area contributed by atoms with Crippen molar-refractivity contribution in [3.05, 3.63) is 23.8 Å². The van der Waals surface area contributed by atoms with Crippen LogP contribution < -0.4 is 10.1 Å². The third-order valence-corrected chi connectivity index (χ3v) is 4.74. The Morgan fingerprint density at radius 3 is 2.77 bits per heavy atom. The molecule has 2 atom stereocenters. The van der Waals surface area contributed by atoms with Gasteiger partial charge in [0.15, 0.2) is 17.4 Å². The van der Waals surface area contributed by atoms with E-state index in [1.165, 1.54) is 7.11 Å². The molecule has 1 saturated carbocycles. The molecule has 6 heteroatoms. The lowest BCUT2D eigenvalue weighted by molar-refractivity contribution is 0.138. The number of piperidine rings is 1. The second kappa shape index (κ2) is 6.10. The number of carbonyl (C=O) groups excluding carboxylic acids is 1. The summed E-state index contributed by atoms with van der Waals surface area (Å²) in [4.78, 5) is 14.2. The van der Waals surface area contributed by atoms with E-state index in [1.807, 2.05) is 0 Å². The van der Waals surface area contributed by atoms with Crippen LogP contribution in [0.5, 0.6) is 5.75 Å². The predicted molar refractivity (Wildman–Crippen MR) is 79.0 cm³/mol. The molecule has 3 rings (SSSR count). The second-order valence-corrected chi connectivity index (χ2v) is 5.99. The molecule has 22 heavy (non-hydrogen) atoms. The molecule has 0 aromatic heterocycles. The van der Waals surface area contributed by atoms with Gasteiger partial charge >= 0.3 is 6.03 Å². The molecular weight excluding hydrogens is 290 g/mol. The van der Waals surface area contributed by atoms with Gasteiger partial charge in [0.25, 0.3) is 0 Å². The highest BCUT2D eigenvalue weighted by Gasteiger charge is 2.37. The van der Waals surface area contributed by atoms with Crippen molar-refractivity contribution >= 4 is 11.7 Å². The maximum atomic E-state index is 13.9. The summed E-state index contributed by atoms with van der Waals surface area (Å²) in [5.41, 5.74) is -0.150. The van der Waals surface area contributed by atoms with Crippen molar-refractivity contribution < 1.29 is 18.3 Å². The lowest BCUT2D eigenvalue weighted by Gasteiger charge is -2.37. The first kappa shape index (κ1) is 15.1. The minimum atomic E-state index is -0.702. The fourth-order valence-electron chi connectivity index (χ4n) is 3.67. The first-order valence-electron chi connectivity index (χ1n) is 7.71. The molecule has 1 aliphatic carbocycles. The monoisotopic (exact) mass is 310 g/mol. The Labute approximate surface area is 128 Å². The van der Waals surface area contributed by atoms with Crippen molar-refractivity contribution in [3.8, 4) is 5.75 Å². The number of carbonyl (C=O) groups is 1. The number of methoxy groups -OCH3 is 1. The SMILES string of the molecule is COc1cc(F)c(NC(=O)N2CCC[C@H]3CCC[C@@H]32)cc1F. The molecule has 1 N–H and O–H groups in total. The van der Waals surface area contributed by atoms with Crippen molar-refractivity contribution in [1.29, 1.82) is 0 Å². The van der Waals surface area contributed by atoms with Crippen LogP contribution in [0.1, 0.15) is 32.1 Å². The van der Waals surface area contributed by atoms with Gasteiger partial charge in [-0.1, -0.05) is 6.42 Å². The summed E-state index contributed by atoms with van der Waals surface area (Å²) < 4.78 is 32.3. The fraction of sp³-hybridized carbons (Fsp3) is 0.562. The third-order valence-electron chi connectivity index (χ3n) is 4.74. The molecule has 2 fully saturated rings. The summed E-state index contributed by atoms with van der Waals surface area (Å²) >= 11 is 0. The lowest BCUT2D eigenvalue weighted by Crippen LogP contribution is -2.48. The Morgan fingerprint density at radius 1 is 1.23 bits per heavy atom. The molecule has 1 heterocycles. The average Bonchev–Trinajstić information content (AvgIpc) is 2.98. The molecule has 0 unspecified atom stereocenters. The molecule has 1 aromatic carbocycles. The number of rotatable bonds is 2. The zero-order chi connectivity index (χ0) is 15.7. The molecule has 120 valence electrons. The van der Waals surface area contributed by atoms with Crippen LogP contribution in [-0.4, -0.2) is 30.6 Å². The number of halogens is 2. The Morgan fingerprint density at radius 2 is 2.00 bits per heavy atom. The normalized spacial score (nSPS) is 24.0. The minimum Gasteiger partial charge on any atom is -0.494 e. The van der Waals surface area contributed by atoms with Gasteiger partial charge in [-0.15, -0.1) is 0 Å². The number of hydrogen-bond acceptors (Lipinski definition) is 2. The summed E-state index contributed by atoms with van der Waals surface area (Å²) in [7, 11) is 1.27. The van der Waals surface area contributed by atoms with E-state index in [-0.39, 0.29) is 23.5 Å². The second-order valence-electron chi connectivity index (χ2n) is 5.99. The first-order valence-corrected chi connectivity index (χ1v) is 7.71. The number of nitrogens with zero attached hydrogens (tertiary/aromatic N) is 1. The summed E-state index contributed by atoms with van der Waals surface area (Å²) in [6.07, 6.45) is 5.40. The minimum absolute atomic E-state index is 0.150. The lowest BCUT2D eigenvalue weighted by atomic mass is 9.92. The number of fused-ring (bicyclic) bond motifs is 1. The predicted octanol–water partition coefficient (Wildman–Crippen LogP) is 3.77. The van der Waals surface area contributed by atoms with Crippen molar-refractivity contribution in [3.63, 3.8) is 0 Å². The molecule has 2 aliphatic rings. The summed E-state index contributed by atoms with van der Waals surface area (Å²) in [6.45, 7) is 0.674. The number of ether oxygens (including phenoxy) is 1. The zero-order valence-electron chi connectivity index (χ0n) is 12.6. The van der Waals surface area contributed by atoms with Gasteiger partial charge in [0.05, 0.1) is 12.8 Å². The van der Waals surface area contributed by atoms with E-state index in [1.54, 1.807) is 4.90 Å². The van der Waals surface area contributed by atoms with E-state index in [2.05, 4.69) is 5.32 Å². The van der Waals surface area contributed by atoms with Crippen LogP contribution in [-0.2, 0) is 0 Å².